The highest BCUT2D eigenvalue weighted by atomic mass is 16.1. The van der Waals surface area contributed by atoms with Crippen LogP contribution in [0.1, 0.15) is 0 Å². The Morgan fingerprint density at radius 3 is 2.71 bits per heavy atom. The van der Waals surface area contributed by atoms with E-state index in [0.717, 1.165) is 16.5 Å². The van der Waals surface area contributed by atoms with Crippen molar-refractivity contribution in [1.82, 2.24) is 9.97 Å². The van der Waals surface area contributed by atoms with Gasteiger partial charge in [-0.3, -0.25) is 4.79 Å². The third kappa shape index (κ3) is 2.65. The van der Waals surface area contributed by atoms with Crippen molar-refractivity contribution in [2.45, 2.75) is 0 Å². The molecule has 2 heterocycles. The van der Waals surface area contributed by atoms with Crippen molar-refractivity contribution in [3.8, 4) is 11.1 Å². The molecule has 0 saturated heterocycles. The maximum absolute atomic E-state index is 11.6. The summed E-state index contributed by atoms with van der Waals surface area (Å²) in [6, 6.07) is 15.6. The molecule has 4 nitrogen and oxygen atoms in total. The van der Waals surface area contributed by atoms with Crippen LogP contribution in [0.3, 0.4) is 0 Å². The largest absolute Gasteiger partial charge is 0.307 e. The van der Waals surface area contributed by atoms with Crippen molar-refractivity contribution in [2.24, 2.45) is 0 Å². The van der Waals surface area contributed by atoms with Crippen LogP contribution in [0.15, 0.2) is 67.4 Å². The van der Waals surface area contributed by atoms with Gasteiger partial charge in [0.2, 0.25) is 5.91 Å². The third-order valence-electron chi connectivity index (χ3n) is 3.10. The van der Waals surface area contributed by atoms with Crippen molar-refractivity contribution in [3.63, 3.8) is 0 Å². The Kier molecular flexibility index (Phi) is 3.43. The van der Waals surface area contributed by atoms with E-state index in [9.17, 15) is 4.79 Å². The van der Waals surface area contributed by atoms with E-state index in [-0.39, 0.29) is 5.91 Å². The van der Waals surface area contributed by atoms with Crippen LogP contribution < -0.4 is 5.32 Å². The van der Waals surface area contributed by atoms with Gasteiger partial charge in [-0.1, -0.05) is 36.9 Å². The lowest BCUT2D eigenvalue weighted by Gasteiger charge is -2.10. The number of nitrogens with one attached hydrogen (secondary N) is 1. The molecule has 0 radical (unpaired) electrons. The van der Waals surface area contributed by atoms with E-state index < -0.39 is 0 Å². The van der Waals surface area contributed by atoms with Crippen LogP contribution in [-0.4, -0.2) is 15.9 Å². The van der Waals surface area contributed by atoms with E-state index in [1.165, 1.54) is 6.08 Å². The highest BCUT2D eigenvalue weighted by molar-refractivity contribution is 6.02. The molecule has 0 spiro atoms. The average Bonchev–Trinajstić information content (AvgIpc) is 2.55. The molecule has 3 aromatic rings. The first-order valence-corrected chi connectivity index (χ1v) is 6.52. The standard InChI is InChI=1S/C17H13N3O/c1-2-15(21)19-17-14(12-7-4-3-5-8-12)11-13-9-6-10-18-16(13)20-17/h2-11H,1H2,(H,18,19,20,21). The molecule has 3 rings (SSSR count). The summed E-state index contributed by atoms with van der Waals surface area (Å²) < 4.78 is 0. The first-order chi connectivity index (χ1) is 10.3. The quantitative estimate of drug-likeness (QED) is 0.745. The van der Waals surface area contributed by atoms with E-state index in [0.29, 0.717) is 11.5 Å². The topological polar surface area (TPSA) is 54.9 Å². The average molecular weight is 275 g/mol. The lowest BCUT2D eigenvalue weighted by Crippen LogP contribution is -2.10. The first-order valence-electron chi connectivity index (χ1n) is 6.52. The molecule has 4 heteroatoms. The summed E-state index contributed by atoms with van der Waals surface area (Å²) in [4.78, 5) is 20.3. The van der Waals surface area contributed by atoms with E-state index in [2.05, 4.69) is 21.9 Å². The van der Waals surface area contributed by atoms with Crippen LogP contribution in [-0.2, 0) is 4.79 Å². The van der Waals surface area contributed by atoms with Crippen LogP contribution in [0.5, 0.6) is 0 Å². The van der Waals surface area contributed by atoms with Crippen LogP contribution in [0.2, 0.25) is 0 Å². The zero-order chi connectivity index (χ0) is 14.7. The highest BCUT2D eigenvalue weighted by Gasteiger charge is 2.11. The SMILES string of the molecule is C=CC(=O)Nc1nc2ncccc2cc1-c1ccccc1. The van der Waals surface area contributed by atoms with E-state index >= 15 is 0 Å². The molecule has 0 atom stereocenters. The van der Waals surface area contributed by atoms with Gasteiger partial charge in [-0.2, -0.15) is 0 Å². The van der Waals surface area contributed by atoms with Gasteiger partial charge >= 0.3 is 0 Å². The van der Waals surface area contributed by atoms with Gasteiger partial charge in [0.25, 0.3) is 0 Å². The van der Waals surface area contributed by atoms with Crippen molar-refractivity contribution < 1.29 is 4.79 Å². The van der Waals surface area contributed by atoms with Gasteiger partial charge in [-0.15, -0.1) is 0 Å². The first kappa shape index (κ1) is 13.0. The number of hydrogen-bond donors (Lipinski definition) is 1. The predicted octanol–water partition coefficient (Wildman–Crippen LogP) is 3.42. The number of rotatable bonds is 3. The fraction of sp³-hybridized carbons (Fsp3) is 0. The summed E-state index contributed by atoms with van der Waals surface area (Å²) in [6.07, 6.45) is 2.90. The molecule has 0 aliphatic carbocycles. The Labute approximate surface area is 122 Å². The van der Waals surface area contributed by atoms with Gasteiger partial charge in [0, 0.05) is 17.1 Å². The number of pyridine rings is 2. The fourth-order valence-corrected chi connectivity index (χ4v) is 2.11. The fourth-order valence-electron chi connectivity index (χ4n) is 2.11. The lowest BCUT2D eigenvalue weighted by molar-refractivity contribution is -0.111. The Hall–Kier alpha value is -3.01. The van der Waals surface area contributed by atoms with Gasteiger partial charge in [-0.05, 0) is 29.8 Å². The lowest BCUT2D eigenvalue weighted by atomic mass is 10.1. The summed E-state index contributed by atoms with van der Waals surface area (Å²) in [6.45, 7) is 3.47. The van der Waals surface area contributed by atoms with Gasteiger partial charge in [0.15, 0.2) is 5.65 Å². The zero-order valence-electron chi connectivity index (χ0n) is 11.3. The number of carbonyl (C=O) groups excluding carboxylic acids is 1. The van der Waals surface area contributed by atoms with Gasteiger partial charge in [0.1, 0.15) is 5.82 Å². The molecule has 0 bridgehead atoms. The van der Waals surface area contributed by atoms with Crippen molar-refractivity contribution in [2.75, 3.05) is 5.32 Å². The molecule has 0 unspecified atom stereocenters. The summed E-state index contributed by atoms with van der Waals surface area (Å²) in [5, 5.41) is 3.67. The number of carbonyl (C=O) groups is 1. The monoisotopic (exact) mass is 275 g/mol. The molecule has 0 saturated carbocycles. The van der Waals surface area contributed by atoms with Crippen molar-refractivity contribution in [3.05, 3.63) is 67.4 Å². The molecule has 0 aliphatic rings. The normalized spacial score (nSPS) is 10.3. The second-order valence-corrected chi connectivity index (χ2v) is 4.49. The number of anilines is 1. The summed E-state index contributed by atoms with van der Waals surface area (Å²) in [7, 11) is 0. The summed E-state index contributed by atoms with van der Waals surface area (Å²) >= 11 is 0. The molecular formula is C17H13N3O. The van der Waals surface area contributed by atoms with E-state index in [1.807, 2.05) is 48.5 Å². The molecule has 2 aromatic heterocycles. The Morgan fingerprint density at radius 2 is 1.95 bits per heavy atom. The smallest absolute Gasteiger partial charge is 0.248 e. The van der Waals surface area contributed by atoms with Crippen LogP contribution in [0.4, 0.5) is 5.82 Å². The minimum atomic E-state index is -0.296. The number of aromatic nitrogens is 2. The Bertz CT molecular complexity index is 813. The maximum Gasteiger partial charge on any atom is 0.248 e. The number of benzene rings is 1. The van der Waals surface area contributed by atoms with Crippen molar-refractivity contribution >= 4 is 22.8 Å². The third-order valence-corrected chi connectivity index (χ3v) is 3.10. The number of hydrogen-bond acceptors (Lipinski definition) is 3. The predicted molar refractivity (Wildman–Crippen MR) is 83.8 cm³/mol. The molecule has 1 N–H and O–H groups in total. The maximum atomic E-state index is 11.6. The number of amides is 1. The van der Waals surface area contributed by atoms with Crippen LogP contribution in [0, 0.1) is 0 Å². The minimum absolute atomic E-state index is 0.296. The Morgan fingerprint density at radius 1 is 1.14 bits per heavy atom. The number of nitrogens with zero attached hydrogens (tertiary/aromatic N) is 2. The van der Waals surface area contributed by atoms with Gasteiger partial charge < -0.3 is 5.32 Å². The van der Waals surface area contributed by atoms with Gasteiger partial charge in [-0.25, -0.2) is 9.97 Å². The molecule has 21 heavy (non-hydrogen) atoms. The summed E-state index contributed by atoms with van der Waals surface area (Å²) in [5.74, 6) is 0.187. The summed E-state index contributed by atoms with van der Waals surface area (Å²) in [5.41, 5.74) is 2.43. The van der Waals surface area contributed by atoms with E-state index in [1.54, 1.807) is 6.20 Å². The minimum Gasteiger partial charge on any atom is -0.307 e. The molecular weight excluding hydrogens is 262 g/mol. The number of fused-ring (bicyclic) bond motifs is 1. The molecule has 1 aromatic carbocycles. The van der Waals surface area contributed by atoms with E-state index in [4.69, 9.17) is 0 Å². The second kappa shape index (κ2) is 5.54. The van der Waals surface area contributed by atoms with Gasteiger partial charge in [0.05, 0.1) is 0 Å². The second-order valence-electron chi connectivity index (χ2n) is 4.49. The zero-order valence-corrected chi connectivity index (χ0v) is 11.3. The van der Waals surface area contributed by atoms with Crippen LogP contribution in [0.25, 0.3) is 22.2 Å². The Balaban J connectivity index is 2.21. The van der Waals surface area contributed by atoms with Crippen molar-refractivity contribution in [1.29, 1.82) is 0 Å². The molecule has 0 aliphatic heterocycles. The molecule has 102 valence electrons. The molecule has 0 fully saturated rings. The molecule has 1 amide bonds. The highest BCUT2D eigenvalue weighted by Crippen LogP contribution is 2.29. The van der Waals surface area contributed by atoms with Crippen LogP contribution >= 0.6 is 0 Å².